The van der Waals surface area contributed by atoms with Crippen LogP contribution in [0.3, 0.4) is 0 Å². The first kappa shape index (κ1) is 11.8. The Morgan fingerprint density at radius 2 is 2.43 bits per heavy atom. The fourth-order valence-electron chi connectivity index (χ4n) is 1.17. The van der Waals surface area contributed by atoms with Gasteiger partial charge < -0.3 is 14.8 Å². The van der Waals surface area contributed by atoms with Gasteiger partial charge in [-0.1, -0.05) is 18.7 Å². The second-order valence-corrected chi connectivity index (χ2v) is 4.70. The lowest BCUT2D eigenvalue weighted by molar-refractivity contribution is 0.0316. The van der Waals surface area contributed by atoms with Crippen LogP contribution in [0.25, 0.3) is 0 Å². The predicted molar refractivity (Wildman–Crippen MR) is 60.0 cm³/mol. The molecule has 2 atom stereocenters. The molecule has 0 aromatic heterocycles. The molecule has 1 N–H and O–H groups in total. The zero-order chi connectivity index (χ0) is 10.4. The van der Waals surface area contributed by atoms with E-state index in [1.807, 2.05) is 0 Å². The minimum absolute atomic E-state index is 0.0965. The largest absolute Gasteiger partial charge is 0.382 e. The van der Waals surface area contributed by atoms with E-state index in [4.69, 9.17) is 9.47 Å². The summed E-state index contributed by atoms with van der Waals surface area (Å²) in [6, 6.07) is 0. The van der Waals surface area contributed by atoms with Crippen molar-refractivity contribution in [1.29, 1.82) is 0 Å². The van der Waals surface area contributed by atoms with Gasteiger partial charge in [-0.15, -0.1) is 0 Å². The van der Waals surface area contributed by atoms with E-state index < -0.39 is 0 Å². The Morgan fingerprint density at radius 1 is 1.64 bits per heavy atom. The summed E-state index contributed by atoms with van der Waals surface area (Å²) in [5.74, 6) is 0. The van der Waals surface area contributed by atoms with Crippen LogP contribution in [-0.2, 0) is 9.47 Å². The number of amidine groups is 1. The van der Waals surface area contributed by atoms with Gasteiger partial charge in [0.1, 0.15) is 0 Å². The fourth-order valence-corrected chi connectivity index (χ4v) is 2.02. The number of nitrogens with one attached hydrogen (secondary N) is 1. The maximum absolute atomic E-state index is 5.23. The minimum atomic E-state index is 0.0965. The van der Waals surface area contributed by atoms with Gasteiger partial charge in [0, 0.05) is 26.0 Å². The lowest BCUT2D eigenvalue weighted by Gasteiger charge is -2.15. The highest BCUT2D eigenvalue weighted by Gasteiger charge is 2.15. The van der Waals surface area contributed by atoms with Crippen LogP contribution in [0.15, 0.2) is 4.99 Å². The fraction of sp³-hybridized carbons (Fsp3) is 0.889. The van der Waals surface area contributed by atoms with Gasteiger partial charge in [-0.25, -0.2) is 0 Å². The number of methoxy groups -OCH3 is 2. The van der Waals surface area contributed by atoms with Crippen molar-refractivity contribution in [3.05, 3.63) is 0 Å². The van der Waals surface area contributed by atoms with Crippen LogP contribution in [0.5, 0.6) is 0 Å². The smallest absolute Gasteiger partial charge is 0.157 e. The third-order valence-corrected chi connectivity index (χ3v) is 3.02. The van der Waals surface area contributed by atoms with Gasteiger partial charge in [0.2, 0.25) is 0 Å². The van der Waals surface area contributed by atoms with E-state index in [1.54, 1.807) is 26.0 Å². The first-order chi connectivity index (χ1) is 6.76. The van der Waals surface area contributed by atoms with E-state index in [2.05, 4.69) is 17.2 Å². The summed E-state index contributed by atoms with van der Waals surface area (Å²) in [4.78, 5) is 4.36. The molecule has 1 rings (SSSR count). The van der Waals surface area contributed by atoms with Crippen LogP contribution in [-0.4, -0.2) is 50.4 Å². The molecule has 0 bridgehead atoms. The number of aliphatic imine (C=N–C) groups is 1. The third kappa shape index (κ3) is 3.86. The number of rotatable bonds is 5. The van der Waals surface area contributed by atoms with E-state index in [1.165, 1.54) is 0 Å². The van der Waals surface area contributed by atoms with Crippen LogP contribution in [0, 0.1) is 0 Å². The van der Waals surface area contributed by atoms with Gasteiger partial charge in [0.25, 0.3) is 0 Å². The van der Waals surface area contributed by atoms with Crippen molar-refractivity contribution in [2.75, 3.05) is 33.9 Å². The molecule has 1 heterocycles. The molecule has 82 valence electrons. The van der Waals surface area contributed by atoms with Crippen LogP contribution in [0.1, 0.15) is 6.92 Å². The molecule has 2 unspecified atom stereocenters. The zero-order valence-corrected chi connectivity index (χ0v) is 9.76. The summed E-state index contributed by atoms with van der Waals surface area (Å²) < 4.78 is 10.2. The summed E-state index contributed by atoms with van der Waals surface area (Å²) in [5, 5.41) is 4.88. The number of nitrogens with zero attached hydrogens (tertiary/aromatic N) is 1. The maximum Gasteiger partial charge on any atom is 0.157 e. The first-order valence-electron chi connectivity index (χ1n) is 4.73. The van der Waals surface area contributed by atoms with Gasteiger partial charge in [-0.3, -0.25) is 4.99 Å². The summed E-state index contributed by atoms with van der Waals surface area (Å²) >= 11 is 1.78. The molecule has 1 aliphatic rings. The van der Waals surface area contributed by atoms with Gasteiger partial charge in [-0.2, -0.15) is 0 Å². The average Bonchev–Trinajstić information content (AvgIpc) is 2.59. The summed E-state index contributed by atoms with van der Waals surface area (Å²) in [5.41, 5.74) is 0. The van der Waals surface area contributed by atoms with Crippen molar-refractivity contribution in [3.8, 4) is 0 Å². The third-order valence-electron chi connectivity index (χ3n) is 1.97. The van der Waals surface area contributed by atoms with E-state index in [0.29, 0.717) is 11.9 Å². The second-order valence-electron chi connectivity index (χ2n) is 3.27. The quantitative estimate of drug-likeness (QED) is 0.738. The van der Waals surface area contributed by atoms with Crippen molar-refractivity contribution in [2.24, 2.45) is 4.99 Å². The van der Waals surface area contributed by atoms with Crippen LogP contribution < -0.4 is 5.32 Å². The monoisotopic (exact) mass is 218 g/mol. The second kappa shape index (κ2) is 6.27. The van der Waals surface area contributed by atoms with Crippen molar-refractivity contribution < 1.29 is 9.47 Å². The minimum Gasteiger partial charge on any atom is -0.382 e. The summed E-state index contributed by atoms with van der Waals surface area (Å²) in [6.07, 6.45) is 0.0965. The van der Waals surface area contributed by atoms with Crippen molar-refractivity contribution in [3.63, 3.8) is 0 Å². The Morgan fingerprint density at radius 3 is 2.93 bits per heavy atom. The van der Waals surface area contributed by atoms with Crippen LogP contribution >= 0.6 is 11.8 Å². The van der Waals surface area contributed by atoms with Crippen molar-refractivity contribution in [1.82, 2.24) is 5.32 Å². The molecule has 0 aromatic carbocycles. The SMILES string of the molecule is COCC(CNC1=NCC(C)S1)OC. The maximum atomic E-state index is 5.23. The molecule has 1 aliphatic heterocycles. The Hall–Kier alpha value is -0.260. The van der Waals surface area contributed by atoms with Gasteiger partial charge in [0.15, 0.2) is 5.17 Å². The number of hydrogen-bond acceptors (Lipinski definition) is 5. The number of thioether (sulfide) groups is 1. The molecular formula is C9H18N2O2S. The molecule has 0 aliphatic carbocycles. The summed E-state index contributed by atoms with van der Waals surface area (Å²) in [7, 11) is 3.37. The van der Waals surface area contributed by atoms with Gasteiger partial charge >= 0.3 is 0 Å². The Balaban J connectivity index is 2.18. The molecule has 14 heavy (non-hydrogen) atoms. The van der Waals surface area contributed by atoms with Gasteiger partial charge in [0.05, 0.1) is 19.3 Å². The van der Waals surface area contributed by atoms with E-state index in [0.717, 1.165) is 18.3 Å². The van der Waals surface area contributed by atoms with E-state index in [9.17, 15) is 0 Å². The first-order valence-corrected chi connectivity index (χ1v) is 5.61. The van der Waals surface area contributed by atoms with Crippen LogP contribution in [0.4, 0.5) is 0 Å². The van der Waals surface area contributed by atoms with E-state index >= 15 is 0 Å². The highest BCUT2D eigenvalue weighted by molar-refractivity contribution is 8.14. The molecule has 0 fully saturated rings. The highest BCUT2D eigenvalue weighted by Crippen LogP contribution is 2.18. The lowest BCUT2D eigenvalue weighted by atomic mass is 10.4. The van der Waals surface area contributed by atoms with Crippen molar-refractivity contribution >= 4 is 16.9 Å². The molecule has 0 amide bonds. The molecule has 0 spiro atoms. The zero-order valence-electron chi connectivity index (χ0n) is 8.95. The molecule has 0 aromatic rings. The Labute approximate surface area is 89.4 Å². The molecule has 0 radical (unpaired) electrons. The lowest BCUT2D eigenvalue weighted by Crippen LogP contribution is -2.34. The molecule has 0 saturated heterocycles. The van der Waals surface area contributed by atoms with Crippen LogP contribution in [0.2, 0.25) is 0 Å². The highest BCUT2D eigenvalue weighted by atomic mass is 32.2. The number of ether oxygens (including phenoxy) is 2. The Bertz CT molecular complexity index is 199. The van der Waals surface area contributed by atoms with Crippen molar-refractivity contribution in [2.45, 2.75) is 18.3 Å². The van der Waals surface area contributed by atoms with Gasteiger partial charge in [-0.05, 0) is 0 Å². The average molecular weight is 218 g/mol. The summed E-state index contributed by atoms with van der Waals surface area (Å²) in [6.45, 7) is 4.45. The topological polar surface area (TPSA) is 42.8 Å². The number of hydrogen-bond donors (Lipinski definition) is 1. The Kier molecular flexibility index (Phi) is 5.29. The molecule has 4 nitrogen and oxygen atoms in total. The normalized spacial score (nSPS) is 23.4. The molecular weight excluding hydrogens is 200 g/mol. The predicted octanol–water partition coefficient (Wildman–Crippen LogP) is 0.729. The molecule has 0 saturated carbocycles. The standard InChI is InChI=1S/C9H18N2O2S/c1-7-4-10-9(14-7)11-5-8(13-3)6-12-2/h7-8H,4-6H2,1-3H3,(H,10,11). The van der Waals surface area contributed by atoms with E-state index in [-0.39, 0.29) is 6.10 Å². The molecule has 5 heteroatoms.